The van der Waals surface area contributed by atoms with E-state index in [1.807, 2.05) is 32.0 Å². The second-order valence-electron chi connectivity index (χ2n) is 7.90. The van der Waals surface area contributed by atoms with Crippen molar-refractivity contribution >= 4 is 29.0 Å². The maximum Gasteiger partial charge on any atom is 0.339 e. The van der Waals surface area contributed by atoms with Gasteiger partial charge < -0.3 is 10.1 Å². The van der Waals surface area contributed by atoms with Crippen molar-refractivity contribution in [3.05, 3.63) is 94.3 Å². The summed E-state index contributed by atoms with van der Waals surface area (Å²) in [6.45, 7) is 4.06. The van der Waals surface area contributed by atoms with Crippen LogP contribution in [0.25, 0.3) is 0 Å². The molecule has 1 aliphatic rings. The number of hydrogen-bond acceptors (Lipinski definition) is 3. The van der Waals surface area contributed by atoms with Crippen LogP contribution in [0.4, 0.5) is 14.9 Å². The Bertz CT molecular complexity index is 1140. The largest absolute Gasteiger partial charge is 0.487 e. The van der Waals surface area contributed by atoms with Gasteiger partial charge in [-0.3, -0.25) is 0 Å². The number of rotatable bonds is 4. The highest BCUT2D eigenvalue weighted by molar-refractivity contribution is 6.30. The number of fused-ring (bicyclic) bond motifs is 1. The molecule has 0 radical (unpaired) electrons. The van der Waals surface area contributed by atoms with E-state index in [9.17, 15) is 9.18 Å². The maximum atomic E-state index is 13.5. The van der Waals surface area contributed by atoms with Gasteiger partial charge in [0, 0.05) is 28.3 Å². The van der Waals surface area contributed by atoms with E-state index in [0.29, 0.717) is 22.0 Å². The highest BCUT2D eigenvalue weighted by atomic mass is 35.5. The number of benzene rings is 3. The summed E-state index contributed by atoms with van der Waals surface area (Å²) < 4.78 is 19.4. The molecule has 0 saturated heterocycles. The first-order valence-electron chi connectivity index (χ1n) is 9.78. The molecule has 5 nitrogen and oxygen atoms in total. The lowest BCUT2D eigenvalue weighted by atomic mass is 9.96. The summed E-state index contributed by atoms with van der Waals surface area (Å²) in [5.74, 6) is 0.487. The highest BCUT2D eigenvalue weighted by Crippen LogP contribution is 2.35. The van der Waals surface area contributed by atoms with E-state index >= 15 is 0 Å². The van der Waals surface area contributed by atoms with Crippen molar-refractivity contribution in [1.29, 1.82) is 0 Å². The quantitative estimate of drug-likeness (QED) is 0.402. The molecule has 1 aliphatic heterocycles. The Morgan fingerprint density at radius 2 is 1.71 bits per heavy atom. The fraction of sp³-hybridized carbons (Fsp3) is 0.167. The Morgan fingerprint density at radius 3 is 2.42 bits per heavy atom. The van der Waals surface area contributed by atoms with Crippen molar-refractivity contribution in [3.63, 3.8) is 0 Å². The number of nitrogens with zero attached hydrogens (tertiary/aromatic N) is 1. The van der Waals surface area contributed by atoms with Gasteiger partial charge in [-0.05, 0) is 86.1 Å². The molecule has 2 amide bonds. The molecular weight excluding hydrogens is 417 g/mol. The minimum absolute atomic E-state index is 0.273. The summed E-state index contributed by atoms with van der Waals surface area (Å²) in [5.41, 5.74) is 5.86. The Kier molecular flexibility index (Phi) is 5.65. The summed E-state index contributed by atoms with van der Waals surface area (Å²) >= 11 is 5.87. The summed E-state index contributed by atoms with van der Waals surface area (Å²) in [5, 5.41) is 7.60. The Morgan fingerprint density at radius 1 is 1.03 bits per heavy atom. The van der Waals surface area contributed by atoms with Crippen molar-refractivity contribution in [1.82, 2.24) is 5.43 Å². The SMILES string of the molecule is CC1(C)Cc2cc(/C(=N/NC(=O)Nc3ccc(Cl)cc3)c3ccc(F)cc3)ccc2O1. The smallest absolute Gasteiger partial charge is 0.339 e. The molecule has 4 rings (SSSR count). The molecule has 0 saturated carbocycles. The van der Waals surface area contributed by atoms with Crippen LogP contribution in [-0.2, 0) is 6.42 Å². The monoisotopic (exact) mass is 437 g/mol. The molecule has 0 bridgehead atoms. The van der Waals surface area contributed by atoms with Crippen molar-refractivity contribution < 1.29 is 13.9 Å². The van der Waals surface area contributed by atoms with Crippen molar-refractivity contribution in [2.45, 2.75) is 25.9 Å². The lowest BCUT2D eigenvalue weighted by Gasteiger charge is -2.16. The molecule has 3 aromatic rings. The summed E-state index contributed by atoms with van der Waals surface area (Å²) in [6.07, 6.45) is 0.761. The van der Waals surface area contributed by atoms with Crippen LogP contribution in [0.2, 0.25) is 5.02 Å². The number of carbonyl (C=O) groups excluding carboxylic acids is 1. The number of urea groups is 1. The van der Waals surface area contributed by atoms with Crippen LogP contribution in [0, 0.1) is 5.82 Å². The average Bonchev–Trinajstić information content (AvgIpc) is 3.04. The second kappa shape index (κ2) is 8.40. The molecule has 0 aliphatic carbocycles. The molecule has 0 spiro atoms. The summed E-state index contributed by atoms with van der Waals surface area (Å²) in [7, 11) is 0. The number of nitrogens with one attached hydrogen (secondary N) is 2. The normalized spacial score (nSPS) is 14.5. The van der Waals surface area contributed by atoms with Crippen molar-refractivity contribution in [2.24, 2.45) is 5.10 Å². The zero-order valence-electron chi connectivity index (χ0n) is 17.1. The van der Waals surface area contributed by atoms with Crippen LogP contribution in [-0.4, -0.2) is 17.3 Å². The Labute approximate surface area is 184 Å². The van der Waals surface area contributed by atoms with E-state index in [-0.39, 0.29) is 11.4 Å². The van der Waals surface area contributed by atoms with Gasteiger partial charge in [0.05, 0.1) is 5.71 Å². The molecule has 0 atom stereocenters. The van der Waals surface area contributed by atoms with Gasteiger partial charge in [-0.15, -0.1) is 0 Å². The minimum atomic E-state index is -0.507. The van der Waals surface area contributed by atoms with E-state index in [2.05, 4.69) is 15.8 Å². The molecule has 31 heavy (non-hydrogen) atoms. The maximum absolute atomic E-state index is 13.5. The van der Waals surface area contributed by atoms with Crippen LogP contribution in [0.3, 0.4) is 0 Å². The van der Waals surface area contributed by atoms with Gasteiger partial charge in [0.2, 0.25) is 0 Å². The fourth-order valence-electron chi connectivity index (χ4n) is 3.46. The third-order valence-electron chi connectivity index (χ3n) is 4.83. The molecule has 0 aromatic heterocycles. The van der Waals surface area contributed by atoms with E-state index in [1.165, 1.54) is 12.1 Å². The molecule has 7 heteroatoms. The standard InChI is InChI=1S/C24H21ClFN3O2/c1-24(2)14-17-13-16(5-12-21(17)31-24)22(15-3-8-19(26)9-4-15)28-29-23(30)27-20-10-6-18(25)7-11-20/h3-13H,14H2,1-2H3,(H2,27,29,30)/b28-22+. The zero-order chi connectivity index (χ0) is 22.0. The molecule has 158 valence electrons. The van der Waals surface area contributed by atoms with Gasteiger partial charge >= 0.3 is 6.03 Å². The number of carbonyl (C=O) groups is 1. The lowest BCUT2D eigenvalue weighted by molar-refractivity contribution is 0.138. The summed E-state index contributed by atoms with van der Waals surface area (Å²) in [4.78, 5) is 12.3. The number of amides is 2. The van der Waals surface area contributed by atoms with Crippen LogP contribution < -0.4 is 15.5 Å². The fourth-order valence-corrected chi connectivity index (χ4v) is 3.59. The number of hydrazone groups is 1. The third kappa shape index (κ3) is 5.03. The third-order valence-corrected chi connectivity index (χ3v) is 5.08. The lowest BCUT2D eigenvalue weighted by Crippen LogP contribution is -2.26. The van der Waals surface area contributed by atoms with E-state index in [0.717, 1.165) is 23.3 Å². The van der Waals surface area contributed by atoms with E-state index in [1.54, 1.807) is 36.4 Å². The molecular formula is C24H21ClFN3O2. The molecule has 3 aromatic carbocycles. The first-order valence-corrected chi connectivity index (χ1v) is 10.2. The second-order valence-corrected chi connectivity index (χ2v) is 8.34. The molecule has 1 heterocycles. The number of halogens is 2. The zero-order valence-corrected chi connectivity index (χ0v) is 17.8. The molecule has 0 unspecified atom stereocenters. The average molecular weight is 438 g/mol. The topological polar surface area (TPSA) is 62.7 Å². The van der Waals surface area contributed by atoms with Crippen LogP contribution >= 0.6 is 11.6 Å². The first kappa shape index (κ1) is 20.9. The Hall–Kier alpha value is -3.38. The van der Waals surface area contributed by atoms with Crippen LogP contribution in [0.1, 0.15) is 30.5 Å². The Balaban J connectivity index is 1.61. The first-order chi connectivity index (χ1) is 14.8. The number of anilines is 1. The van der Waals surface area contributed by atoms with Gasteiger partial charge in [0.25, 0.3) is 0 Å². The highest BCUT2D eigenvalue weighted by Gasteiger charge is 2.30. The van der Waals surface area contributed by atoms with Gasteiger partial charge in [-0.25, -0.2) is 14.6 Å². The predicted octanol–water partition coefficient (Wildman–Crippen LogP) is 5.77. The number of ether oxygens (including phenoxy) is 1. The van der Waals surface area contributed by atoms with Gasteiger partial charge in [0.15, 0.2) is 0 Å². The minimum Gasteiger partial charge on any atom is -0.487 e. The van der Waals surface area contributed by atoms with E-state index < -0.39 is 6.03 Å². The van der Waals surface area contributed by atoms with Crippen molar-refractivity contribution in [2.75, 3.05) is 5.32 Å². The van der Waals surface area contributed by atoms with Gasteiger partial charge in [-0.1, -0.05) is 11.6 Å². The predicted molar refractivity (Wildman–Crippen MR) is 120 cm³/mol. The molecule has 0 fully saturated rings. The van der Waals surface area contributed by atoms with Gasteiger partial charge in [0.1, 0.15) is 17.2 Å². The van der Waals surface area contributed by atoms with Gasteiger partial charge in [-0.2, -0.15) is 5.10 Å². The van der Waals surface area contributed by atoms with Crippen LogP contribution in [0.15, 0.2) is 71.8 Å². The summed E-state index contributed by atoms with van der Waals surface area (Å²) in [6, 6.07) is 18.0. The van der Waals surface area contributed by atoms with Crippen LogP contribution in [0.5, 0.6) is 5.75 Å². The number of hydrogen-bond donors (Lipinski definition) is 2. The van der Waals surface area contributed by atoms with Crippen molar-refractivity contribution in [3.8, 4) is 5.75 Å². The molecule has 2 N–H and O–H groups in total. The van der Waals surface area contributed by atoms with E-state index in [4.69, 9.17) is 16.3 Å².